The fraction of sp³-hybridized carbons (Fsp3) is 0.421. The quantitative estimate of drug-likeness (QED) is 0.763. The molecule has 0 aliphatic carbocycles. The number of carbonyl (C=O) groups is 1. The van der Waals surface area contributed by atoms with Crippen molar-refractivity contribution >= 4 is 15.8 Å². The molecule has 0 saturated carbocycles. The third-order valence-electron chi connectivity index (χ3n) is 4.80. The predicted octanol–water partition coefficient (Wildman–Crippen LogP) is 2.10. The van der Waals surface area contributed by atoms with E-state index in [1.54, 1.807) is 0 Å². The molecule has 2 heterocycles. The number of aromatic nitrogens is 1. The molecular formula is C19H24FN3O3S. The molecule has 0 atom stereocenters. The van der Waals surface area contributed by atoms with Crippen molar-refractivity contribution in [3.8, 4) is 0 Å². The topological polar surface area (TPSA) is 73.5 Å². The molecule has 1 aromatic heterocycles. The fourth-order valence-corrected chi connectivity index (χ4v) is 4.87. The lowest BCUT2D eigenvalue weighted by molar-refractivity contribution is 0.0901. The van der Waals surface area contributed by atoms with E-state index in [4.69, 9.17) is 0 Å². The van der Waals surface area contributed by atoms with Gasteiger partial charge >= 0.3 is 0 Å². The molecular weight excluding hydrogens is 369 g/mol. The van der Waals surface area contributed by atoms with Crippen LogP contribution in [0, 0.1) is 19.7 Å². The summed E-state index contributed by atoms with van der Waals surface area (Å²) in [5, 5.41) is 0. The van der Waals surface area contributed by atoms with E-state index in [1.807, 2.05) is 24.8 Å². The van der Waals surface area contributed by atoms with E-state index < -0.39 is 10.0 Å². The van der Waals surface area contributed by atoms with Gasteiger partial charge in [-0.3, -0.25) is 9.69 Å². The Hall–Kier alpha value is -2.03. The first kappa shape index (κ1) is 19.7. The van der Waals surface area contributed by atoms with Gasteiger partial charge in [0.2, 0.25) is 10.0 Å². The second kappa shape index (κ2) is 7.92. The van der Waals surface area contributed by atoms with Crippen molar-refractivity contribution < 1.29 is 17.6 Å². The summed E-state index contributed by atoms with van der Waals surface area (Å²) in [6.07, 6.45) is 0. The molecule has 1 N–H and O–H groups in total. The van der Waals surface area contributed by atoms with Crippen molar-refractivity contribution in [1.82, 2.24) is 14.2 Å². The zero-order valence-electron chi connectivity index (χ0n) is 15.5. The highest BCUT2D eigenvalue weighted by atomic mass is 32.2. The SMILES string of the molecule is Cc1cc(C(=O)CN2CCN(S(=O)(=O)Cc3ccc(F)cc3)CC2)c(C)[nH]1. The molecule has 1 aliphatic heterocycles. The van der Waals surface area contributed by atoms with Crippen LogP contribution in [0.4, 0.5) is 4.39 Å². The van der Waals surface area contributed by atoms with Gasteiger partial charge in [-0.05, 0) is 37.6 Å². The number of halogens is 1. The molecule has 3 rings (SSSR count). The van der Waals surface area contributed by atoms with Crippen molar-refractivity contribution in [1.29, 1.82) is 0 Å². The van der Waals surface area contributed by atoms with Crippen LogP contribution in [0.1, 0.15) is 27.3 Å². The number of H-pyrrole nitrogens is 1. The molecule has 0 radical (unpaired) electrons. The molecule has 1 aromatic carbocycles. The first-order chi connectivity index (χ1) is 12.7. The van der Waals surface area contributed by atoms with E-state index in [0.29, 0.717) is 37.3 Å². The van der Waals surface area contributed by atoms with Crippen molar-refractivity contribution in [2.24, 2.45) is 0 Å². The van der Waals surface area contributed by atoms with Gasteiger partial charge in [0, 0.05) is 43.1 Å². The van der Waals surface area contributed by atoms with E-state index in [2.05, 4.69) is 4.98 Å². The average Bonchev–Trinajstić information content (AvgIpc) is 2.96. The molecule has 8 heteroatoms. The highest BCUT2D eigenvalue weighted by Crippen LogP contribution is 2.16. The molecule has 2 aromatic rings. The van der Waals surface area contributed by atoms with Crippen molar-refractivity contribution in [3.05, 3.63) is 58.7 Å². The fourth-order valence-electron chi connectivity index (χ4n) is 3.35. The number of benzene rings is 1. The molecule has 6 nitrogen and oxygen atoms in total. The summed E-state index contributed by atoms with van der Waals surface area (Å²) in [6, 6.07) is 7.35. The van der Waals surface area contributed by atoms with Crippen LogP contribution in [0.15, 0.2) is 30.3 Å². The lowest BCUT2D eigenvalue weighted by atomic mass is 10.1. The van der Waals surface area contributed by atoms with Crippen LogP contribution >= 0.6 is 0 Å². The van der Waals surface area contributed by atoms with Gasteiger partial charge in [-0.2, -0.15) is 4.31 Å². The van der Waals surface area contributed by atoms with Gasteiger partial charge in [0.1, 0.15) is 5.82 Å². The molecule has 0 spiro atoms. The first-order valence-electron chi connectivity index (χ1n) is 8.88. The number of sulfonamides is 1. The number of carbonyl (C=O) groups excluding carboxylic acids is 1. The maximum atomic E-state index is 13.0. The Kier molecular flexibility index (Phi) is 5.78. The summed E-state index contributed by atoms with van der Waals surface area (Å²) in [5.41, 5.74) is 3.07. The minimum atomic E-state index is -3.46. The van der Waals surface area contributed by atoms with Crippen molar-refractivity contribution in [2.75, 3.05) is 32.7 Å². The van der Waals surface area contributed by atoms with Gasteiger partial charge in [-0.25, -0.2) is 12.8 Å². The van der Waals surface area contributed by atoms with Gasteiger partial charge in [-0.1, -0.05) is 12.1 Å². The van der Waals surface area contributed by atoms with Crippen LogP contribution in [-0.4, -0.2) is 61.1 Å². The lowest BCUT2D eigenvalue weighted by Crippen LogP contribution is -2.50. The van der Waals surface area contributed by atoms with E-state index in [1.165, 1.54) is 28.6 Å². The number of nitrogens with one attached hydrogen (secondary N) is 1. The number of piperazine rings is 1. The van der Waals surface area contributed by atoms with Crippen LogP contribution in [0.25, 0.3) is 0 Å². The number of nitrogens with zero attached hydrogens (tertiary/aromatic N) is 2. The number of aryl methyl sites for hydroxylation is 2. The predicted molar refractivity (Wildman–Crippen MR) is 102 cm³/mol. The van der Waals surface area contributed by atoms with E-state index in [0.717, 1.165) is 11.4 Å². The molecule has 146 valence electrons. The van der Waals surface area contributed by atoms with Gasteiger partial charge in [0.05, 0.1) is 12.3 Å². The maximum Gasteiger partial charge on any atom is 0.218 e. The summed E-state index contributed by atoms with van der Waals surface area (Å²) in [5.74, 6) is -0.490. The Balaban J connectivity index is 1.55. The monoisotopic (exact) mass is 393 g/mol. The zero-order valence-corrected chi connectivity index (χ0v) is 16.4. The number of aromatic amines is 1. The Labute approximate surface area is 159 Å². The van der Waals surface area contributed by atoms with E-state index in [-0.39, 0.29) is 23.9 Å². The number of hydrogen-bond donors (Lipinski definition) is 1. The standard InChI is InChI=1S/C19H24FN3O3S/c1-14-11-18(15(2)21-14)19(24)12-22-7-9-23(10-8-22)27(25,26)13-16-3-5-17(20)6-4-16/h3-6,11,21H,7-10,12-13H2,1-2H3. The Morgan fingerprint density at radius 1 is 1.11 bits per heavy atom. The molecule has 1 aliphatic rings. The van der Waals surface area contributed by atoms with Gasteiger partial charge in [0.15, 0.2) is 5.78 Å². The van der Waals surface area contributed by atoms with Crippen LogP contribution in [-0.2, 0) is 15.8 Å². The summed E-state index contributed by atoms with van der Waals surface area (Å²) in [6.45, 7) is 5.79. The molecule has 0 amide bonds. The van der Waals surface area contributed by atoms with Crippen LogP contribution in [0.3, 0.4) is 0 Å². The average molecular weight is 393 g/mol. The third kappa shape index (κ3) is 4.82. The highest BCUT2D eigenvalue weighted by Gasteiger charge is 2.28. The minimum absolute atomic E-state index is 0.0412. The molecule has 1 saturated heterocycles. The number of ketones is 1. The maximum absolute atomic E-state index is 13.0. The first-order valence-corrected chi connectivity index (χ1v) is 10.5. The van der Waals surface area contributed by atoms with Gasteiger partial charge in [0.25, 0.3) is 0 Å². The second-order valence-electron chi connectivity index (χ2n) is 6.97. The second-order valence-corrected chi connectivity index (χ2v) is 8.94. The Morgan fingerprint density at radius 2 is 1.74 bits per heavy atom. The summed E-state index contributed by atoms with van der Waals surface area (Å²) < 4.78 is 39.6. The molecule has 0 unspecified atom stereocenters. The summed E-state index contributed by atoms with van der Waals surface area (Å²) in [4.78, 5) is 17.6. The number of hydrogen-bond acceptors (Lipinski definition) is 4. The van der Waals surface area contributed by atoms with Crippen molar-refractivity contribution in [3.63, 3.8) is 0 Å². The van der Waals surface area contributed by atoms with Crippen LogP contribution in [0.5, 0.6) is 0 Å². The summed E-state index contributed by atoms with van der Waals surface area (Å²) in [7, 11) is -3.46. The van der Waals surface area contributed by atoms with Crippen molar-refractivity contribution in [2.45, 2.75) is 19.6 Å². The zero-order chi connectivity index (χ0) is 19.6. The van der Waals surface area contributed by atoms with E-state index in [9.17, 15) is 17.6 Å². The third-order valence-corrected chi connectivity index (χ3v) is 6.65. The number of Topliss-reactive ketones (excluding diaryl/α,β-unsaturated/α-hetero) is 1. The summed E-state index contributed by atoms with van der Waals surface area (Å²) >= 11 is 0. The molecule has 1 fully saturated rings. The Morgan fingerprint density at radius 3 is 2.30 bits per heavy atom. The van der Waals surface area contributed by atoms with Gasteiger partial charge < -0.3 is 4.98 Å². The molecule has 27 heavy (non-hydrogen) atoms. The molecule has 0 bridgehead atoms. The highest BCUT2D eigenvalue weighted by molar-refractivity contribution is 7.88. The van der Waals surface area contributed by atoms with Crippen LogP contribution in [0.2, 0.25) is 0 Å². The Bertz CT molecular complexity index is 914. The van der Waals surface area contributed by atoms with Gasteiger partial charge in [-0.15, -0.1) is 0 Å². The minimum Gasteiger partial charge on any atom is -0.362 e. The smallest absolute Gasteiger partial charge is 0.218 e. The normalized spacial score (nSPS) is 16.6. The largest absolute Gasteiger partial charge is 0.362 e. The lowest BCUT2D eigenvalue weighted by Gasteiger charge is -2.33. The number of rotatable bonds is 6. The van der Waals surface area contributed by atoms with E-state index >= 15 is 0 Å². The van der Waals surface area contributed by atoms with Crippen LogP contribution < -0.4 is 0 Å².